The standard InChI is InChI=1S/C11H11N5/c1-8(11-13-7-14-16-11)15-10-4-2-3-9(5-10)6-12/h2-5,7-8,15H,1H3,(H,13,14,16). The molecule has 80 valence electrons. The molecule has 0 aliphatic rings. The van der Waals surface area contributed by atoms with Gasteiger partial charge in [-0.25, -0.2) is 4.98 Å². The van der Waals surface area contributed by atoms with Crippen LogP contribution in [0.1, 0.15) is 24.4 Å². The van der Waals surface area contributed by atoms with Crippen LogP contribution < -0.4 is 5.32 Å². The molecule has 1 atom stereocenters. The van der Waals surface area contributed by atoms with E-state index in [4.69, 9.17) is 5.26 Å². The quantitative estimate of drug-likeness (QED) is 0.815. The van der Waals surface area contributed by atoms with Gasteiger partial charge in [0.25, 0.3) is 0 Å². The van der Waals surface area contributed by atoms with Crippen LogP contribution in [0.3, 0.4) is 0 Å². The van der Waals surface area contributed by atoms with Crippen molar-refractivity contribution in [2.45, 2.75) is 13.0 Å². The maximum Gasteiger partial charge on any atom is 0.146 e. The summed E-state index contributed by atoms with van der Waals surface area (Å²) in [5, 5.41) is 18.6. The number of nitrogens with one attached hydrogen (secondary N) is 2. The monoisotopic (exact) mass is 213 g/mol. The highest BCUT2D eigenvalue weighted by atomic mass is 15.2. The number of nitriles is 1. The Morgan fingerprint density at radius 3 is 3.06 bits per heavy atom. The third-order valence-corrected chi connectivity index (χ3v) is 2.22. The molecule has 2 rings (SSSR count). The van der Waals surface area contributed by atoms with Crippen molar-refractivity contribution < 1.29 is 0 Å². The normalized spacial score (nSPS) is 11.8. The van der Waals surface area contributed by atoms with E-state index in [2.05, 4.69) is 26.6 Å². The third kappa shape index (κ3) is 2.17. The summed E-state index contributed by atoms with van der Waals surface area (Å²) in [6.07, 6.45) is 1.47. The van der Waals surface area contributed by atoms with E-state index in [0.29, 0.717) is 5.56 Å². The summed E-state index contributed by atoms with van der Waals surface area (Å²) in [5.74, 6) is 0.766. The first-order valence-corrected chi connectivity index (χ1v) is 4.91. The zero-order valence-electron chi connectivity index (χ0n) is 8.81. The highest BCUT2D eigenvalue weighted by molar-refractivity contribution is 5.49. The third-order valence-electron chi connectivity index (χ3n) is 2.22. The summed E-state index contributed by atoms with van der Waals surface area (Å²) < 4.78 is 0. The first-order valence-electron chi connectivity index (χ1n) is 4.91. The minimum absolute atomic E-state index is 0.0245. The van der Waals surface area contributed by atoms with Gasteiger partial charge in [0.15, 0.2) is 0 Å². The number of hydrogen-bond donors (Lipinski definition) is 2. The van der Waals surface area contributed by atoms with Crippen LogP contribution in [0.5, 0.6) is 0 Å². The molecule has 0 bridgehead atoms. The zero-order valence-corrected chi connectivity index (χ0v) is 8.81. The summed E-state index contributed by atoms with van der Waals surface area (Å²) in [5.41, 5.74) is 1.53. The van der Waals surface area contributed by atoms with Gasteiger partial charge in [0.1, 0.15) is 12.2 Å². The predicted octanol–water partition coefficient (Wildman–Crippen LogP) is 1.85. The smallest absolute Gasteiger partial charge is 0.146 e. The minimum atomic E-state index is 0.0245. The van der Waals surface area contributed by atoms with Crippen molar-refractivity contribution in [2.75, 3.05) is 5.32 Å². The van der Waals surface area contributed by atoms with Crippen LogP contribution in [0, 0.1) is 11.3 Å². The van der Waals surface area contributed by atoms with E-state index in [9.17, 15) is 0 Å². The molecule has 0 saturated heterocycles. The summed E-state index contributed by atoms with van der Waals surface area (Å²) in [4.78, 5) is 4.06. The average Bonchev–Trinajstić information content (AvgIpc) is 2.83. The van der Waals surface area contributed by atoms with Crippen LogP contribution in [-0.4, -0.2) is 15.2 Å². The fraction of sp³-hybridized carbons (Fsp3) is 0.182. The Hall–Kier alpha value is -2.35. The van der Waals surface area contributed by atoms with E-state index >= 15 is 0 Å². The van der Waals surface area contributed by atoms with Crippen LogP contribution in [0.4, 0.5) is 5.69 Å². The number of hydrogen-bond acceptors (Lipinski definition) is 4. The lowest BCUT2D eigenvalue weighted by Gasteiger charge is -2.12. The molecule has 0 fully saturated rings. The van der Waals surface area contributed by atoms with Crippen LogP contribution in [0.2, 0.25) is 0 Å². The number of anilines is 1. The molecule has 1 unspecified atom stereocenters. The molecule has 16 heavy (non-hydrogen) atoms. The fourth-order valence-corrected chi connectivity index (χ4v) is 1.42. The molecule has 0 saturated carbocycles. The molecule has 1 aromatic carbocycles. The van der Waals surface area contributed by atoms with Gasteiger partial charge in [-0.05, 0) is 25.1 Å². The Morgan fingerprint density at radius 1 is 1.50 bits per heavy atom. The van der Waals surface area contributed by atoms with Crippen molar-refractivity contribution in [3.8, 4) is 6.07 Å². The molecule has 0 aliphatic carbocycles. The van der Waals surface area contributed by atoms with Crippen molar-refractivity contribution in [2.24, 2.45) is 0 Å². The van der Waals surface area contributed by atoms with Gasteiger partial charge in [0.05, 0.1) is 17.7 Å². The highest BCUT2D eigenvalue weighted by Crippen LogP contribution is 2.16. The Bertz CT molecular complexity index is 497. The SMILES string of the molecule is CC(Nc1cccc(C#N)c1)c1ncn[nH]1. The number of aromatic amines is 1. The highest BCUT2D eigenvalue weighted by Gasteiger charge is 2.07. The van der Waals surface area contributed by atoms with E-state index in [1.54, 1.807) is 12.1 Å². The predicted molar refractivity (Wildman–Crippen MR) is 59.6 cm³/mol. The van der Waals surface area contributed by atoms with Gasteiger partial charge in [-0.2, -0.15) is 10.4 Å². The second-order valence-corrected chi connectivity index (χ2v) is 3.43. The number of benzene rings is 1. The molecule has 0 aliphatic heterocycles. The summed E-state index contributed by atoms with van der Waals surface area (Å²) in [7, 11) is 0. The van der Waals surface area contributed by atoms with E-state index in [1.165, 1.54) is 6.33 Å². The molecule has 0 amide bonds. The first kappa shape index (κ1) is 10.2. The van der Waals surface area contributed by atoms with E-state index < -0.39 is 0 Å². The molecule has 1 aromatic heterocycles. The molecular formula is C11H11N5. The van der Waals surface area contributed by atoms with Crippen molar-refractivity contribution in [3.05, 3.63) is 42.0 Å². The van der Waals surface area contributed by atoms with Crippen LogP contribution in [0.15, 0.2) is 30.6 Å². The Kier molecular flexibility index (Phi) is 2.83. The average molecular weight is 213 g/mol. The summed E-state index contributed by atoms with van der Waals surface area (Å²) in [6, 6.07) is 9.44. The second kappa shape index (κ2) is 4.45. The fourth-order valence-electron chi connectivity index (χ4n) is 1.42. The van der Waals surface area contributed by atoms with Crippen LogP contribution in [-0.2, 0) is 0 Å². The molecular weight excluding hydrogens is 202 g/mol. The maximum atomic E-state index is 8.77. The second-order valence-electron chi connectivity index (χ2n) is 3.43. The van der Waals surface area contributed by atoms with E-state index in [-0.39, 0.29) is 6.04 Å². The van der Waals surface area contributed by atoms with E-state index in [0.717, 1.165) is 11.5 Å². The van der Waals surface area contributed by atoms with Crippen LogP contribution >= 0.6 is 0 Å². The van der Waals surface area contributed by atoms with Gasteiger partial charge in [0.2, 0.25) is 0 Å². The molecule has 0 radical (unpaired) electrons. The number of nitrogens with zero attached hydrogens (tertiary/aromatic N) is 3. The van der Waals surface area contributed by atoms with Gasteiger partial charge in [-0.15, -0.1) is 0 Å². The number of rotatable bonds is 3. The van der Waals surface area contributed by atoms with Gasteiger partial charge in [-0.1, -0.05) is 6.07 Å². The Labute approximate surface area is 93.1 Å². The molecule has 5 heteroatoms. The maximum absolute atomic E-state index is 8.77. The molecule has 0 spiro atoms. The van der Waals surface area contributed by atoms with Crippen LogP contribution in [0.25, 0.3) is 0 Å². The lowest BCUT2D eigenvalue weighted by Crippen LogP contribution is -2.08. The Balaban J connectivity index is 2.12. The van der Waals surface area contributed by atoms with Crippen molar-refractivity contribution in [3.63, 3.8) is 0 Å². The zero-order chi connectivity index (χ0) is 11.4. The number of H-pyrrole nitrogens is 1. The van der Waals surface area contributed by atoms with Gasteiger partial charge in [-0.3, -0.25) is 5.10 Å². The van der Waals surface area contributed by atoms with Gasteiger partial charge in [0, 0.05) is 5.69 Å². The largest absolute Gasteiger partial charge is 0.375 e. The lowest BCUT2D eigenvalue weighted by molar-refractivity contribution is 0.796. The van der Waals surface area contributed by atoms with Gasteiger partial charge >= 0.3 is 0 Å². The topological polar surface area (TPSA) is 77.4 Å². The molecule has 5 nitrogen and oxygen atoms in total. The van der Waals surface area contributed by atoms with E-state index in [1.807, 2.05) is 19.1 Å². The summed E-state index contributed by atoms with van der Waals surface area (Å²) >= 11 is 0. The molecule has 1 heterocycles. The number of aromatic nitrogens is 3. The summed E-state index contributed by atoms with van der Waals surface area (Å²) in [6.45, 7) is 1.97. The van der Waals surface area contributed by atoms with Crippen molar-refractivity contribution >= 4 is 5.69 Å². The Morgan fingerprint density at radius 2 is 2.38 bits per heavy atom. The minimum Gasteiger partial charge on any atom is -0.375 e. The van der Waals surface area contributed by atoms with Gasteiger partial charge < -0.3 is 5.32 Å². The first-order chi connectivity index (χ1) is 7.79. The molecule has 2 aromatic rings. The lowest BCUT2D eigenvalue weighted by atomic mass is 10.2. The molecule has 2 N–H and O–H groups in total. The van der Waals surface area contributed by atoms with Crippen molar-refractivity contribution in [1.82, 2.24) is 15.2 Å². The van der Waals surface area contributed by atoms with Crippen molar-refractivity contribution in [1.29, 1.82) is 5.26 Å².